The maximum atomic E-state index is 12.6. The largest absolute Gasteiger partial charge is 0.476 e. The molecule has 1 aromatic rings. The van der Waals surface area contributed by atoms with Crippen molar-refractivity contribution in [3.8, 4) is 5.75 Å². The van der Waals surface area contributed by atoms with Crippen LogP contribution in [0.25, 0.3) is 0 Å². The van der Waals surface area contributed by atoms with E-state index in [1.165, 1.54) is 23.2 Å². The number of hydrogen-bond acceptors (Lipinski definition) is 7. The van der Waals surface area contributed by atoms with Gasteiger partial charge in [0, 0.05) is 12.1 Å². The van der Waals surface area contributed by atoms with Gasteiger partial charge in [-0.2, -0.15) is 0 Å². The smallest absolute Gasteiger partial charge is 0.406 e. The van der Waals surface area contributed by atoms with Crippen molar-refractivity contribution in [1.82, 2.24) is 9.88 Å². The van der Waals surface area contributed by atoms with Crippen molar-refractivity contribution in [1.29, 1.82) is 0 Å². The van der Waals surface area contributed by atoms with Crippen molar-refractivity contribution in [3.05, 3.63) is 28.4 Å². The molecule has 0 saturated carbocycles. The van der Waals surface area contributed by atoms with Gasteiger partial charge in [-0.05, 0) is 41.8 Å². The molecule has 0 unspecified atom stereocenters. The second kappa shape index (κ2) is 7.77. The summed E-state index contributed by atoms with van der Waals surface area (Å²) in [6.45, 7) is 3.34. The van der Waals surface area contributed by atoms with Crippen molar-refractivity contribution >= 4 is 21.6 Å². The van der Waals surface area contributed by atoms with E-state index in [1.807, 2.05) is 13.8 Å². The number of nitrogens with zero attached hydrogens (tertiary/aromatic N) is 3. The first-order valence-corrected chi connectivity index (χ1v) is 9.81. The average molecular weight is 371 g/mol. The molecule has 0 aromatic carbocycles. The Hall–Kier alpha value is -2.23. The Labute approximate surface area is 146 Å². The second-order valence-electron chi connectivity index (χ2n) is 5.99. The Morgan fingerprint density at radius 1 is 1.56 bits per heavy atom. The van der Waals surface area contributed by atoms with Crippen LogP contribution in [0.15, 0.2) is 18.3 Å². The zero-order valence-electron chi connectivity index (χ0n) is 14.1. The lowest BCUT2D eigenvalue weighted by molar-refractivity contribution is -0.390. The molecule has 0 radical (unpaired) electrons. The van der Waals surface area contributed by atoms with Crippen molar-refractivity contribution < 1.29 is 22.9 Å². The minimum atomic E-state index is -3.13. The third-order valence-electron chi connectivity index (χ3n) is 4.23. The SMILES string of the molecule is CC[C@@H](C)N(C(=O)COc1cccnc1[N+](=O)[O-])[C@H]1CCS(=O)(=O)C1. The summed E-state index contributed by atoms with van der Waals surface area (Å²) in [5.74, 6) is -0.949. The standard InChI is InChI=1S/C15H21N3O6S/c1-3-11(2)17(12-6-8-25(22,23)10-12)14(19)9-24-13-5-4-7-16-15(13)18(20)21/h4-5,7,11-12H,3,6,8-10H2,1-2H3/t11-,12+/m1/s1. The van der Waals surface area contributed by atoms with Gasteiger partial charge >= 0.3 is 5.82 Å². The minimum Gasteiger partial charge on any atom is -0.476 e. The molecule has 0 aliphatic carbocycles. The first-order chi connectivity index (χ1) is 11.7. The Morgan fingerprint density at radius 3 is 2.84 bits per heavy atom. The van der Waals surface area contributed by atoms with Crippen molar-refractivity contribution in [2.75, 3.05) is 18.1 Å². The van der Waals surface area contributed by atoms with Crippen molar-refractivity contribution in [2.45, 2.75) is 38.8 Å². The van der Waals surface area contributed by atoms with E-state index in [2.05, 4.69) is 4.98 Å². The van der Waals surface area contributed by atoms with Gasteiger partial charge in [0.1, 0.15) is 6.20 Å². The monoisotopic (exact) mass is 371 g/mol. The fourth-order valence-electron chi connectivity index (χ4n) is 2.85. The van der Waals surface area contributed by atoms with Crippen LogP contribution in [-0.2, 0) is 14.6 Å². The molecule has 25 heavy (non-hydrogen) atoms. The molecule has 9 nitrogen and oxygen atoms in total. The third-order valence-corrected chi connectivity index (χ3v) is 5.98. The first-order valence-electron chi connectivity index (χ1n) is 7.99. The van der Waals surface area contributed by atoms with Gasteiger partial charge in [-0.15, -0.1) is 0 Å². The molecule has 0 bridgehead atoms. The van der Waals surface area contributed by atoms with E-state index in [-0.39, 0.29) is 29.3 Å². The fourth-order valence-corrected chi connectivity index (χ4v) is 4.56. The number of nitro groups is 1. The van der Waals surface area contributed by atoms with Crippen LogP contribution >= 0.6 is 0 Å². The first kappa shape index (κ1) is 19.1. The van der Waals surface area contributed by atoms with E-state index in [1.54, 1.807) is 0 Å². The van der Waals surface area contributed by atoms with Gasteiger partial charge in [-0.25, -0.2) is 8.42 Å². The van der Waals surface area contributed by atoms with Crippen LogP contribution in [0.4, 0.5) is 5.82 Å². The highest BCUT2D eigenvalue weighted by molar-refractivity contribution is 7.91. The summed E-state index contributed by atoms with van der Waals surface area (Å²) in [5, 5.41) is 10.9. The van der Waals surface area contributed by atoms with E-state index in [4.69, 9.17) is 4.74 Å². The van der Waals surface area contributed by atoms with E-state index >= 15 is 0 Å². The summed E-state index contributed by atoms with van der Waals surface area (Å²) in [5.41, 5.74) is 0. The Morgan fingerprint density at radius 2 is 2.28 bits per heavy atom. The summed E-state index contributed by atoms with van der Waals surface area (Å²) in [6.07, 6.45) is 2.32. The minimum absolute atomic E-state index is 0.0594. The Kier molecular flexibility index (Phi) is 5.93. The molecule has 1 aromatic heterocycles. The summed E-state index contributed by atoms with van der Waals surface area (Å²) in [4.78, 5) is 28.0. The predicted octanol–water partition coefficient (Wildman–Crippen LogP) is 1.18. The Bertz CT molecular complexity index is 751. The molecular weight excluding hydrogens is 350 g/mol. The highest BCUT2D eigenvalue weighted by Crippen LogP contribution is 2.24. The Balaban J connectivity index is 2.12. The molecule has 2 rings (SSSR count). The van der Waals surface area contributed by atoms with Gasteiger partial charge in [0.15, 0.2) is 16.4 Å². The lowest BCUT2D eigenvalue weighted by Crippen LogP contribution is -2.48. The number of ether oxygens (including phenoxy) is 1. The van der Waals surface area contributed by atoms with Crippen LogP contribution < -0.4 is 4.74 Å². The third kappa shape index (κ3) is 4.65. The van der Waals surface area contributed by atoms with Crippen LogP contribution in [0.3, 0.4) is 0 Å². The summed E-state index contributed by atoms with van der Waals surface area (Å²) in [6, 6.07) is 2.30. The van der Waals surface area contributed by atoms with Gasteiger partial charge in [-0.1, -0.05) is 6.92 Å². The van der Waals surface area contributed by atoms with Crippen LogP contribution in [0.1, 0.15) is 26.7 Å². The normalized spacial score (nSPS) is 20.0. The molecule has 1 saturated heterocycles. The number of carbonyl (C=O) groups excluding carboxylic acids is 1. The number of carbonyl (C=O) groups is 1. The van der Waals surface area contributed by atoms with Crippen LogP contribution in [-0.4, -0.2) is 59.3 Å². The zero-order chi connectivity index (χ0) is 18.6. The molecule has 10 heteroatoms. The van der Waals surface area contributed by atoms with E-state index < -0.39 is 33.1 Å². The fraction of sp³-hybridized carbons (Fsp3) is 0.600. The number of sulfone groups is 1. The number of aromatic nitrogens is 1. The number of pyridine rings is 1. The molecule has 2 atom stereocenters. The molecule has 0 spiro atoms. The van der Waals surface area contributed by atoms with Gasteiger partial charge in [0.05, 0.1) is 11.5 Å². The molecule has 0 N–H and O–H groups in total. The van der Waals surface area contributed by atoms with Crippen molar-refractivity contribution in [3.63, 3.8) is 0 Å². The molecule has 1 aliphatic rings. The molecular formula is C15H21N3O6S. The summed E-state index contributed by atoms with van der Waals surface area (Å²) < 4.78 is 28.8. The zero-order valence-corrected chi connectivity index (χ0v) is 14.9. The van der Waals surface area contributed by atoms with E-state index in [0.29, 0.717) is 12.8 Å². The molecule has 138 valence electrons. The topological polar surface area (TPSA) is 120 Å². The summed E-state index contributed by atoms with van der Waals surface area (Å²) >= 11 is 0. The number of amides is 1. The van der Waals surface area contributed by atoms with Crippen LogP contribution in [0, 0.1) is 10.1 Å². The number of hydrogen-bond donors (Lipinski definition) is 0. The van der Waals surface area contributed by atoms with Gasteiger partial charge < -0.3 is 19.8 Å². The van der Waals surface area contributed by atoms with Gasteiger partial charge in [0.2, 0.25) is 5.75 Å². The highest BCUT2D eigenvalue weighted by Gasteiger charge is 2.36. The van der Waals surface area contributed by atoms with Crippen LogP contribution in [0.2, 0.25) is 0 Å². The van der Waals surface area contributed by atoms with Crippen LogP contribution in [0.5, 0.6) is 5.75 Å². The summed E-state index contributed by atoms with van der Waals surface area (Å²) in [7, 11) is -3.13. The molecule has 1 amide bonds. The van der Waals surface area contributed by atoms with Gasteiger partial charge in [0.25, 0.3) is 5.91 Å². The second-order valence-corrected chi connectivity index (χ2v) is 8.21. The maximum absolute atomic E-state index is 12.6. The number of rotatable bonds is 7. The molecule has 1 aliphatic heterocycles. The van der Waals surface area contributed by atoms with E-state index in [0.717, 1.165) is 0 Å². The van der Waals surface area contributed by atoms with Gasteiger partial charge in [-0.3, -0.25) is 4.79 Å². The molecule has 2 heterocycles. The quantitative estimate of drug-likeness (QED) is 0.521. The predicted molar refractivity (Wildman–Crippen MR) is 90.0 cm³/mol. The molecule has 1 fully saturated rings. The average Bonchev–Trinajstić information content (AvgIpc) is 2.92. The lowest BCUT2D eigenvalue weighted by atomic mass is 10.1. The van der Waals surface area contributed by atoms with Crippen molar-refractivity contribution in [2.24, 2.45) is 0 Å². The van der Waals surface area contributed by atoms with E-state index in [9.17, 15) is 23.3 Å². The maximum Gasteiger partial charge on any atom is 0.406 e. The highest BCUT2D eigenvalue weighted by atomic mass is 32.2. The lowest BCUT2D eigenvalue weighted by Gasteiger charge is -2.33.